The van der Waals surface area contributed by atoms with Gasteiger partial charge in [-0.1, -0.05) is 12.8 Å². The second kappa shape index (κ2) is 6.49. The van der Waals surface area contributed by atoms with Crippen molar-refractivity contribution in [1.29, 1.82) is 0 Å². The van der Waals surface area contributed by atoms with E-state index in [2.05, 4.69) is 9.82 Å². The van der Waals surface area contributed by atoms with Gasteiger partial charge in [0, 0.05) is 23.5 Å². The van der Waals surface area contributed by atoms with E-state index in [0.717, 1.165) is 19.3 Å². The molecule has 1 heterocycles. The summed E-state index contributed by atoms with van der Waals surface area (Å²) in [5.74, 6) is 0. The first kappa shape index (κ1) is 15.9. The van der Waals surface area contributed by atoms with Crippen molar-refractivity contribution in [2.24, 2.45) is 0 Å². The third-order valence-electron chi connectivity index (χ3n) is 3.73. The summed E-state index contributed by atoms with van der Waals surface area (Å²) in [6.07, 6.45) is 9.37. The van der Waals surface area contributed by atoms with Gasteiger partial charge in [0.05, 0.1) is 6.20 Å². The molecule has 0 aromatic carbocycles. The van der Waals surface area contributed by atoms with Crippen molar-refractivity contribution in [2.45, 2.75) is 61.8 Å². The minimum absolute atomic E-state index is 0.0335. The number of thioether (sulfide) groups is 1. The zero-order valence-corrected chi connectivity index (χ0v) is 13.9. The highest BCUT2D eigenvalue weighted by Gasteiger charge is 2.29. The molecular weight excluding hydrogens is 294 g/mol. The van der Waals surface area contributed by atoms with Crippen LogP contribution in [0.25, 0.3) is 0 Å². The Kier molecular flexibility index (Phi) is 5.14. The van der Waals surface area contributed by atoms with E-state index in [9.17, 15) is 8.42 Å². The van der Waals surface area contributed by atoms with Crippen LogP contribution < -0.4 is 4.72 Å². The van der Waals surface area contributed by atoms with Crippen LogP contribution in [0.3, 0.4) is 0 Å². The Bertz CT molecular complexity index is 540. The zero-order valence-electron chi connectivity index (χ0n) is 12.2. The van der Waals surface area contributed by atoms with Crippen molar-refractivity contribution in [3.63, 3.8) is 0 Å². The van der Waals surface area contributed by atoms with Crippen LogP contribution in [0.4, 0.5) is 0 Å². The highest BCUT2D eigenvalue weighted by Crippen LogP contribution is 2.28. The summed E-state index contributed by atoms with van der Waals surface area (Å²) < 4.78 is 29.4. The fourth-order valence-electron chi connectivity index (χ4n) is 2.52. The molecule has 0 saturated heterocycles. The van der Waals surface area contributed by atoms with Gasteiger partial charge in [0.15, 0.2) is 0 Å². The van der Waals surface area contributed by atoms with Crippen LogP contribution in [0.1, 0.15) is 45.6 Å². The molecule has 0 spiro atoms. The quantitative estimate of drug-likeness (QED) is 0.906. The fourth-order valence-corrected chi connectivity index (χ4v) is 4.79. The Hall–Kier alpha value is -0.530. The molecule has 20 heavy (non-hydrogen) atoms. The Labute approximate surface area is 125 Å². The second-order valence-electron chi connectivity index (χ2n) is 5.54. The Morgan fingerprint density at radius 2 is 2.10 bits per heavy atom. The summed E-state index contributed by atoms with van der Waals surface area (Å²) in [5.41, 5.74) is 0. The lowest BCUT2D eigenvalue weighted by Gasteiger charge is -2.30. The average molecular weight is 317 g/mol. The number of hydrogen-bond acceptors (Lipinski definition) is 4. The minimum atomic E-state index is -3.46. The van der Waals surface area contributed by atoms with E-state index >= 15 is 0 Å². The van der Waals surface area contributed by atoms with Gasteiger partial charge < -0.3 is 0 Å². The molecule has 0 aliphatic heterocycles. The molecule has 2 unspecified atom stereocenters. The number of nitrogens with one attached hydrogen (secondary N) is 1. The summed E-state index contributed by atoms with van der Waals surface area (Å²) in [7, 11) is -3.46. The van der Waals surface area contributed by atoms with Crippen LogP contribution >= 0.6 is 11.8 Å². The normalized spacial score (nSPS) is 24.2. The lowest BCUT2D eigenvalue weighted by molar-refractivity contribution is 0.423. The van der Waals surface area contributed by atoms with Crippen LogP contribution in [-0.2, 0) is 10.0 Å². The zero-order chi connectivity index (χ0) is 14.8. The molecule has 1 fully saturated rings. The molecule has 0 bridgehead atoms. The highest BCUT2D eigenvalue weighted by molar-refractivity contribution is 7.99. The van der Waals surface area contributed by atoms with Gasteiger partial charge in [-0.3, -0.25) is 4.68 Å². The molecule has 1 aromatic rings. The summed E-state index contributed by atoms with van der Waals surface area (Å²) in [6.45, 7) is 3.95. The van der Waals surface area contributed by atoms with Gasteiger partial charge in [-0.15, -0.1) is 0 Å². The van der Waals surface area contributed by atoms with E-state index < -0.39 is 10.0 Å². The molecule has 2 atom stereocenters. The van der Waals surface area contributed by atoms with Gasteiger partial charge in [0.1, 0.15) is 4.90 Å². The molecule has 0 radical (unpaired) electrons. The van der Waals surface area contributed by atoms with Crippen molar-refractivity contribution in [3.8, 4) is 0 Å². The predicted molar refractivity (Wildman–Crippen MR) is 82.5 cm³/mol. The van der Waals surface area contributed by atoms with Crippen molar-refractivity contribution in [3.05, 3.63) is 12.4 Å². The molecule has 7 heteroatoms. The Morgan fingerprint density at radius 3 is 2.70 bits per heavy atom. The van der Waals surface area contributed by atoms with E-state index in [4.69, 9.17) is 0 Å². The fraction of sp³-hybridized carbons (Fsp3) is 0.769. The molecular formula is C13H23N3O2S2. The maximum Gasteiger partial charge on any atom is 0.243 e. The van der Waals surface area contributed by atoms with Crippen LogP contribution in [0.2, 0.25) is 0 Å². The summed E-state index contributed by atoms with van der Waals surface area (Å²) in [6, 6.07) is 0.193. The monoisotopic (exact) mass is 317 g/mol. The van der Waals surface area contributed by atoms with Gasteiger partial charge in [0.25, 0.3) is 0 Å². The second-order valence-corrected chi connectivity index (χ2v) is 8.33. The summed E-state index contributed by atoms with van der Waals surface area (Å²) in [4.78, 5) is 0.261. The molecule has 5 nitrogen and oxygen atoms in total. The molecule has 1 aliphatic rings. The van der Waals surface area contributed by atoms with Gasteiger partial charge in [-0.25, -0.2) is 13.1 Å². The minimum Gasteiger partial charge on any atom is -0.269 e. The number of rotatable bonds is 5. The highest BCUT2D eigenvalue weighted by atomic mass is 32.2. The first-order valence-corrected chi connectivity index (χ1v) is 9.80. The molecule has 1 saturated carbocycles. The molecule has 2 rings (SSSR count). The summed E-state index contributed by atoms with van der Waals surface area (Å²) in [5, 5.41) is 4.48. The summed E-state index contributed by atoms with van der Waals surface area (Å²) >= 11 is 1.75. The first-order valence-electron chi connectivity index (χ1n) is 7.03. The number of nitrogens with zero attached hydrogens (tertiary/aromatic N) is 2. The topological polar surface area (TPSA) is 64.0 Å². The van der Waals surface area contributed by atoms with Crippen LogP contribution in [-0.4, -0.2) is 35.7 Å². The largest absolute Gasteiger partial charge is 0.269 e. The third kappa shape index (κ3) is 3.56. The lowest BCUT2D eigenvalue weighted by atomic mass is 9.96. The Morgan fingerprint density at radius 1 is 1.40 bits per heavy atom. The molecule has 1 aromatic heterocycles. The van der Waals surface area contributed by atoms with Crippen LogP contribution in [0, 0.1) is 0 Å². The van der Waals surface area contributed by atoms with Crippen molar-refractivity contribution < 1.29 is 8.42 Å². The number of aromatic nitrogens is 2. The molecule has 1 N–H and O–H groups in total. The van der Waals surface area contributed by atoms with Crippen LogP contribution in [0.5, 0.6) is 0 Å². The third-order valence-corrected chi connectivity index (χ3v) is 6.34. The molecule has 0 amide bonds. The predicted octanol–water partition coefficient (Wildman–Crippen LogP) is 2.42. The van der Waals surface area contributed by atoms with Crippen molar-refractivity contribution in [2.75, 3.05) is 6.26 Å². The van der Waals surface area contributed by atoms with Crippen molar-refractivity contribution >= 4 is 21.8 Å². The standard InChI is InChI=1S/C13H23N3O2S2/c1-10(2)16-9-11(8-14-16)20(17,18)15-12-6-4-5-7-13(12)19-3/h8-10,12-13,15H,4-7H2,1-3H3. The van der Waals surface area contributed by atoms with Crippen LogP contribution in [0.15, 0.2) is 17.3 Å². The van der Waals surface area contributed by atoms with Gasteiger partial charge >= 0.3 is 0 Å². The SMILES string of the molecule is CSC1CCCCC1NS(=O)(=O)c1cnn(C(C)C)c1. The number of sulfonamides is 1. The van der Waals surface area contributed by atoms with E-state index in [0.29, 0.717) is 5.25 Å². The van der Waals surface area contributed by atoms with E-state index in [1.807, 2.05) is 20.1 Å². The maximum absolute atomic E-state index is 12.4. The van der Waals surface area contributed by atoms with E-state index in [-0.39, 0.29) is 17.0 Å². The average Bonchev–Trinajstić information content (AvgIpc) is 2.89. The Balaban J connectivity index is 2.13. The van der Waals surface area contributed by atoms with E-state index in [1.165, 1.54) is 12.6 Å². The van der Waals surface area contributed by atoms with Crippen molar-refractivity contribution in [1.82, 2.24) is 14.5 Å². The van der Waals surface area contributed by atoms with Gasteiger partial charge in [0.2, 0.25) is 10.0 Å². The van der Waals surface area contributed by atoms with E-state index in [1.54, 1.807) is 22.6 Å². The smallest absolute Gasteiger partial charge is 0.243 e. The first-order chi connectivity index (χ1) is 9.44. The van der Waals surface area contributed by atoms with Gasteiger partial charge in [-0.05, 0) is 32.9 Å². The van der Waals surface area contributed by atoms with Gasteiger partial charge in [-0.2, -0.15) is 16.9 Å². The number of hydrogen-bond donors (Lipinski definition) is 1. The molecule has 1 aliphatic carbocycles. The lowest BCUT2D eigenvalue weighted by Crippen LogP contribution is -2.43. The molecule has 114 valence electrons. The maximum atomic E-state index is 12.4.